The third kappa shape index (κ3) is 4.00. The number of fused-ring (bicyclic) bond motifs is 1. The molecule has 1 aliphatic heterocycles. The summed E-state index contributed by atoms with van der Waals surface area (Å²) < 4.78 is 41.0. The number of aryl methyl sites for hydroxylation is 1. The summed E-state index contributed by atoms with van der Waals surface area (Å²) in [5.41, 5.74) is 2.65. The van der Waals surface area contributed by atoms with Gasteiger partial charge in [-0.2, -0.15) is 0 Å². The number of carbonyl (C=O) groups excluding carboxylic acids is 1. The molecule has 0 atom stereocenters. The van der Waals surface area contributed by atoms with E-state index in [9.17, 15) is 17.6 Å². The fourth-order valence-corrected chi connectivity index (χ4v) is 4.54. The molecule has 1 aliphatic rings. The van der Waals surface area contributed by atoms with E-state index in [2.05, 4.69) is 4.72 Å². The highest BCUT2D eigenvalue weighted by Crippen LogP contribution is 2.31. The lowest BCUT2D eigenvalue weighted by Crippen LogP contribution is -2.35. The Balaban J connectivity index is 1.61. The van der Waals surface area contributed by atoms with Gasteiger partial charge in [-0.25, -0.2) is 12.8 Å². The zero-order valence-corrected chi connectivity index (χ0v) is 16.3. The Morgan fingerprint density at radius 2 is 1.76 bits per heavy atom. The molecule has 0 spiro atoms. The molecule has 0 saturated carbocycles. The zero-order valence-electron chi connectivity index (χ0n) is 15.5. The third-order valence-electron chi connectivity index (χ3n) is 4.82. The van der Waals surface area contributed by atoms with Crippen molar-refractivity contribution in [2.24, 2.45) is 0 Å². The number of sulfonamides is 1. The van der Waals surface area contributed by atoms with E-state index >= 15 is 0 Å². The van der Waals surface area contributed by atoms with Crippen LogP contribution in [0.1, 0.15) is 22.3 Å². The molecule has 3 aromatic carbocycles. The lowest BCUT2D eigenvalue weighted by atomic mass is 10.00. The number of hydrogen-bond donors (Lipinski definition) is 1. The van der Waals surface area contributed by atoms with Crippen molar-refractivity contribution >= 4 is 27.3 Å². The van der Waals surface area contributed by atoms with Gasteiger partial charge < -0.3 is 4.90 Å². The maximum Gasteiger partial charge on any atom is 0.261 e. The molecule has 0 fully saturated rings. The van der Waals surface area contributed by atoms with Gasteiger partial charge in [-0.05, 0) is 66.9 Å². The predicted octanol–water partition coefficient (Wildman–Crippen LogP) is 4.22. The van der Waals surface area contributed by atoms with Crippen molar-refractivity contribution in [1.82, 2.24) is 0 Å². The van der Waals surface area contributed by atoms with Gasteiger partial charge in [-0.15, -0.1) is 0 Å². The zero-order chi connectivity index (χ0) is 20.4. The summed E-state index contributed by atoms with van der Waals surface area (Å²) in [7, 11) is -3.91. The number of rotatable bonds is 4. The highest BCUT2D eigenvalue weighted by atomic mass is 32.2. The summed E-state index contributed by atoms with van der Waals surface area (Å²) in [4.78, 5) is 14.5. The lowest BCUT2D eigenvalue weighted by molar-refractivity contribution is 0.0985. The van der Waals surface area contributed by atoms with Crippen molar-refractivity contribution in [3.05, 3.63) is 89.7 Å². The summed E-state index contributed by atoms with van der Waals surface area (Å²) in [6.07, 6.45) is 1.52. The van der Waals surface area contributed by atoms with Gasteiger partial charge in [0.05, 0.1) is 4.90 Å². The maximum atomic E-state index is 13.4. The second-order valence-corrected chi connectivity index (χ2v) is 8.52. The Morgan fingerprint density at radius 3 is 2.52 bits per heavy atom. The van der Waals surface area contributed by atoms with Crippen LogP contribution in [0.3, 0.4) is 0 Å². The Bertz CT molecular complexity index is 1160. The molecule has 148 valence electrons. The van der Waals surface area contributed by atoms with E-state index in [1.807, 2.05) is 18.2 Å². The number of hydrogen-bond acceptors (Lipinski definition) is 3. The second kappa shape index (κ2) is 7.67. The first-order valence-electron chi connectivity index (χ1n) is 9.22. The van der Waals surface area contributed by atoms with Gasteiger partial charge in [-0.3, -0.25) is 9.52 Å². The van der Waals surface area contributed by atoms with E-state index < -0.39 is 15.8 Å². The monoisotopic (exact) mass is 410 g/mol. The Hall–Kier alpha value is -3.19. The molecule has 0 unspecified atom stereocenters. The van der Waals surface area contributed by atoms with Gasteiger partial charge in [0.2, 0.25) is 0 Å². The first kappa shape index (κ1) is 19.1. The smallest absolute Gasteiger partial charge is 0.261 e. The minimum Gasteiger partial charge on any atom is -0.308 e. The molecular formula is C22H19FN2O3S. The molecule has 3 aromatic rings. The van der Waals surface area contributed by atoms with Crippen molar-refractivity contribution in [3.63, 3.8) is 0 Å². The maximum absolute atomic E-state index is 13.4. The van der Waals surface area contributed by atoms with Crippen LogP contribution < -0.4 is 9.62 Å². The molecule has 0 saturated heterocycles. The molecule has 1 heterocycles. The first-order chi connectivity index (χ1) is 13.9. The number of amides is 1. The summed E-state index contributed by atoms with van der Waals surface area (Å²) in [5.74, 6) is -0.701. The molecule has 7 heteroatoms. The van der Waals surface area contributed by atoms with Crippen LogP contribution in [-0.2, 0) is 16.4 Å². The fraction of sp³-hybridized carbons (Fsp3) is 0.136. The summed E-state index contributed by atoms with van der Waals surface area (Å²) in [6.45, 7) is 0.606. The number of halogens is 1. The Kier molecular flexibility index (Phi) is 5.07. The average molecular weight is 410 g/mol. The average Bonchev–Trinajstić information content (AvgIpc) is 2.73. The topological polar surface area (TPSA) is 66.5 Å². The van der Waals surface area contributed by atoms with Crippen LogP contribution in [0, 0.1) is 5.82 Å². The van der Waals surface area contributed by atoms with Crippen molar-refractivity contribution < 1.29 is 17.6 Å². The molecule has 1 amide bonds. The van der Waals surface area contributed by atoms with E-state index in [1.165, 1.54) is 18.2 Å². The molecule has 1 N–H and O–H groups in total. The number of carbonyl (C=O) groups is 1. The normalized spacial score (nSPS) is 13.6. The minimum absolute atomic E-state index is 0.0837. The Labute approximate surface area is 168 Å². The van der Waals surface area contributed by atoms with Crippen molar-refractivity contribution in [1.29, 1.82) is 0 Å². The van der Waals surface area contributed by atoms with E-state index in [0.717, 1.165) is 30.2 Å². The standard InChI is InChI=1S/C22H19FN2O3S/c23-18-9-4-10-20(15-18)29(27,28)24-19-11-12-21-17(14-19)8-5-13-25(21)22(26)16-6-2-1-3-7-16/h1-4,6-7,9-12,14-15,24H,5,8,13H2. The third-order valence-corrected chi connectivity index (χ3v) is 6.20. The largest absolute Gasteiger partial charge is 0.308 e. The van der Waals surface area contributed by atoms with Crippen molar-refractivity contribution in [3.8, 4) is 0 Å². The van der Waals surface area contributed by atoms with E-state index in [1.54, 1.807) is 35.2 Å². The second-order valence-electron chi connectivity index (χ2n) is 6.83. The molecule has 4 rings (SSSR count). The molecule has 5 nitrogen and oxygen atoms in total. The predicted molar refractivity (Wildman–Crippen MR) is 110 cm³/mol. The Morgan fingerprint density at radius 1 is 0.966 bits per heavy atom. The van der Waals surface area contributed by atoms with Crippen LogP contribution in [-0.4, -0.2) is 20.9 Å². The van der Waals surface area contributed by atoms with E-state index in [-0.39, 0.29) is 10.8 Å². The van der Waals surface area contributed by atoms with Crippen LogP contribution >= 0.6 is 0 Å². The number of anilines is 2. The van der Waals surface area contributed by atoms with Crippen molar-refractivity contribution in [2.75, 3.05) is 16.2 Å². The van der Waals surface area contributed by atoms with Gasteiger partial charge >= 0.3 is 0 Å². The van der Waals surface area contributed by atoms with Gasteiger partial charge in [0, 0.05) is 23.5 Å². The molecule has 0 aromatic heterocycles. The summed E-state index contributed by atoms with van der Waals surface area (Å²) in [5, 5.41) is 0. The fourth-order valence-electron chi connectivity index (χ4n) is 3.46. The number of nitrogens with one attached hydrogen (secondary N) is 1. The summed E-state index contributed by atoms with van der Waals surface area (Å²) >= 11 is 0. The van der Waals surface area contributed by atoms with E-state index in [0.29, 0.717) is 17.8 Å². The molecule has 0 bridgehead atoms. The van der Waals surface area contributed by atoms with Crippen LogP contribution in [0.25, 0.3) is 0 Å². The first-order valence-corrected chi connectivity index (χ1v) is 10.7. The number of benzene rings is 3. The van der Waals surface area contributed by atoms with Crippen LogP contribution in [0.5, 0.6) is 0 Å². The van der Waals surface area contributed by atoms with Crippen molar-refractivity contribution in [2.45, 2.75) is 17.7 Å². The van der Waals surface area contributed by atoms with Crippen LogP contribution in [0.15, 0.2) is 77.7 Å². The van der Waals surface area contributed by atoms with Crippen LogP contribution in [0.4, 0.5) is 15.8 Å². The molecule has 29 heavy (non-hydrogen) atoms. The molecule has 0 aliphatic carbocycles. The van der Waals surface area contributed by atoms with Gasteiger partial charge in [0.15, 0.2) is 0 Å². The van der Waals surface area contributed by atoms with Gasteiger partial charge in [-0.1, -0.05) is 24.3 Å². The quantitative estimate of drug-likeness (QED) is 0.700. The highest BCUT2D eigenvalue weighted by Gasteiger charge is 2.24. The number of nitrogens with zero attached hydrogens (tertiary/aromatic N) is 1. The summed E-state index contributed by atoms with van der Waals surface area (Å²) in [6, 6.07) is 19.0. The lowest BCUT2D eigenvalue weighted by Gasteiger charge is -2.30. The van der Waals surface area contributed by atoms with Gasteiger partial charge in [0.1, 0.15) is 5.82 Å². The minimum atomic E-state index is -3.91. The van der Waals surface area contributed by atoms with Crippen LogP contribution in [0.2, 0.25) is 0 Å². The molecular weight excluding hydrogens is 391 g/mol. The highest BCUT2D eigenvalue weighted by molar-refractivity contribution is 7.92. The molecule has 0 radical (unpaired) electrons. The SMILES string of the molecule is O=C(c1ccccc1)N1CCCc2cc(NS(=O)(=O)c3cccc(F)c3)ccc21. The van der Waals surface area contributed by atoms with Gasteiger partial charge in [0.25, 0.3) is 15.9 Å². The van der Waals surface area contributed by atoms with E-state index in [4.69, 9.17) is 0 Å².